The van der Waals surface area contributed by atoms with Crippen LogP contribution in [0.2, 0.25) is 0 Å². The van der Waals surface area contributed by atoms with E-state index in [2.05, 4.69) is 0 Å². The molecule has 6 heteroatoms. The van der Waals surface area contributed by atoms with Gasteiger partial charge in [0.25, 0.3) is 5.91 Å². The fraction of sp³-hybridized carbons (Fsp3) is 0.318. The lowest BCUT2D eigenvalue weighted by atomic mass is 9.74. The molecule has 0 N–H and O–H groups in total. The number of carbonyl (C=O) groups is 3. The van der Waals surface area contributed by atoms with Gasteiger partial charge in [0.05, 0.1) is 13.2 Å². The molecule has 0 bridgehead atoms. The van der Waals surface area contributed by atoms with Crippen molar-refractivity contribution in [3.05, 3.63) is 59.9 Å². The van der Waals surface area contributed by atoms with Crippen molar-refractivity contribution in [1.29, 1.82) is 0 Å². The molecule has 0 spiro atoms. The van der Waals surface area contributed by atoms with Gasteiger partial charge in [0.15, 0.2) is 0 Å². The van der Waals surface area contributed by atoms with Gasteiger partial charge in [0.2, 0.25) is 5.78 Å². The van der Waals surface area contributed by atoms with E-state index in [1.807, 2.05) is 0 Å². The number of benzene rings is 2. The Labute approximate surface area is 162 Å². The Bertz CT molecular complexity index is 936. The minimum atomic E-state index is -1.08. The van der Waals surface area contributed by atoms with E-state index in [4.69, 9.17) is 4.74 Å². The molecular formula is C22H20FNO4. The fourth-order valence-corrected chi connectivity index (χ4v) is 4.01. The van der Waals surface area contributed by atoms with Crippen molar-refractivity contribution in [2.24, 2.45) is 11.8 Å². The van der Waals surface area contributed by atoms with Crippen LogP contribution in [0.1, 0.15) is 30.9 Å². The van der Waals surface area contributed by atoms with Gasteiger partial charge in [0.1, 0.15) is 23.3 Å². The normalized spacial score (nSPS) is 22.3. The monoisotopic (exact) mass is 381 g/mol. The van der Waals surface area contributed by atoms with Crippen LogP contribution >= 0.6 is 0 Å². The van der Waals surface area contributed by atoms with Gasteiger partial charge in [-0.3, -0.25) is 19.3 Å². The summed E-state index contributed by atoms with van der Waals surface area (Å²) in [5.41, 5.74) is 0.964. The smallest absolute Gasteiger partial charge is 0.295 e. The maximum absolute atomic E-state index is 13.4. The number of anilines is 1. The predicted molar refractivity (Wildman–Crippen MR) is 100 cm³/mol. The van der Waals surface area contributed by atoms with Gasteiger partial charge in [-0.05, 0) is 43.2 Å². The molecule has 1 saturated carbocycles. The number of halogens is 1. The number of rotatable bonds is 5. The van der Waals surface area contributed by atoms with Crippen LogP contribution in [0, 0.1) is 17.7 Å². The number of methoxy groups -OCH3 is 1. The van der Waals surface area contributed by atoms with Crippen molar-refractivity contribution in [2.75, 3.05) is 12.0 Å². The Hall–Kier alpha value is -3.02. The molecule has 2 atom stereocenters. The maximum Gasteiger partial charge on any atom is 0.295 e. The Morgan fingerprint density at radius 3 is 2.36 bits per heavy atom. The summed E-state index contributed by atoms with van der Waals surface area (Å²) in [5.74, 6) is -2.88. The summed E-state index contributed by atoms with van der Waals surface area (Å²) in [6.07, 6.45) is 2.43. The molecule has 5 nitrogen and oxygen atoms in total. The first-order chi connectivity index (χ1) is 13.5. The third kappa shape index (κ3) is 2.89. The van der Waals surface area contributed by atoms with Gasteiger partial charge in [-0.25, -0.2) is 4.39 Å². The van der Waals surface area contributed by atoms with E-state index in [1.54, 1.807) is 24.3 Å². The molecule has 2 aliphatic rings. The molecule has 1 amide bonds. The van der Waals surface area contributed by atoms with Crippen LogP contribution < -0.4 is 9.64 Å². The number of ether oxygens (including phenoxy) is 1. The number of hydrogen-bond donors (Lipinski definition) is 0. The third-order valence-corrected chi connectivity index (χ3v) is 5.68. The van der Waals surface area contributed by atoms with Crippen LogP contribution in [0.3, 0.4) is 0 Å². The topological polar surface area (TPSA) is 63.7 Å². The fourth-order valence-electron chi connectivity index (χ4n) is 4.01. The maximum atomic E-state index is 13.4. The molecule has 1 saturated heterocycles. The van der Waals surface area contributed by atoms with E-state index in [-0.39, 0.29) is 11.7 Å². The number of Topliss-reactive ketones (excluding diaryl/α,β-unsaturated/α-hetero) is 2. The SMILES string of the molecule is COc1ccccc1C1C(C(=O)C2CCC2)C(=O)C(=O)N1c1ccc(F)cc1. The number of hydrogen-bond acceptors (Lipinski definition) is 4. The van der Waals surface area contributed by atoms with Crippen molar-refractivity contribution in [1.82, 2.24) is 0 Å². The predicted octanol–water partition coefficient (Wildman–Crippen LogP) is 3.48. The molecule has 0 aromatic heterocycles. The highest BCUT2D eigenvalue weighted by Gasteiger charge is 2.54. The molecule has 1 aliphatic heterocycles. The van der Waals surface area contributed by atoms with Crippen LogP contribution in [-0.2, 0) is 14.4 Å². The van der Waals surface area contributed by atoms with Gasteiger partial charge < -0.3 is 4.74 Å². The lowest BCUT2D eigenvalue weighted by molar-refractivity contribution is -0.141. The zero-order chi connectivity index (χ0) is 19.8. The third-order valence-electron chi connectivity index (χ3n) is 5.68. The van der Waals surface area contributed by atoms with Crippen LogP contribution in [0.4, 0.5) is 10.1 Å². The average molecular weight is 381 g/mol. The van der Waals surface area contributed by atoms with E-state index in [0.29, 0.717) is 17.0 Å². The van der Waals surface area contributed by atoms with Crippen LogP contribution in [-0.4, -0.2) is 24.6 Å². The Morgan fingerprint density at radius 2 is 1.75 bits per heavy atom. The van der Waals surface area contributed by atoms with E-state index in [0.717, 1.165) is 19.3 Å². The highest BCUT2D eigenvalue weighted by Crippen LogP contribution is 2.45. The Balaban J connectivity index is 1.86. The number of para-hydroxylation sites is 1. The van der Waals surface area contributed by atoms with E-state index >= 15 is 0 Å². The summed E-state index contributed by atoms with van der Waals surface area (Å²) >= 11 is 0. The number of ketones is 2. The minimum Gasteiger partial charge on any atom is -0.496 e. The molecular weight excluding hydrogens is 361 g/mol. The number of nitrogens with zero attached hydrogens (tertiary/aromatic N) is 1. The molecule has 144 valence electrons. The zero-order valence-corrected chi connectivity index (χ0v) is 15.4. The molecule has 1 aliphatic carbocycles. The summed E-state index contributed by atoms with van der Waals surface area (Å²) in [6.45, 7) is 0. The Kier molecular flexibility index (Phi) is 4.71. The molecule has 2 aromatic carbocycles. The van der Waals surface area contributed by atoms with Gasteiger partial charge in [0, 0.05) is 17.2 Å². The first-order valence-corrected chi connectivity index (χ1v) is 9.32. The molecule has 0 radical (unpaired) electrons. The minimum absolute atomic E-state index is 0.188. The molecule has 4 rings (SSSR count). The first-order valence-electron chi connectivity index (χ1n) is 9.32. The molecule has 2 aromatic rings. The van der Waals surface area contributed by atoms with Crippen molar-refractivity contribution in [2.45, 2.75) is 25.3 Å². The van der Waals surface area contributed by atoms with Crippen molar-refractivity contribution in [3.8, 4) is 5.75 Å². The molecule has 2 unspecified atom stereocenters. The van der Waals surface area contributed by atoms with Crippen LogP contribution in [0.15, 0.2) is 48.5 Å². The summed E-state index contributed by atoms with van der Waals surface area (Å²) < 4.78 is 18.8. The lowest BCUT2D eigenvalue weighted by Crippen LogP contribution is -2.35. The van der Waals surface area contributed by atoms with Gasteiger partial charge >= 0.3 is 0 Å². The Morgan fingerprint density at radius 1 is 1.07 bits per heavy atom. The molecule has 1 heterocycles. The molecule has 28 heavy (non-hydrogen) atoms. The van der Waals surface area contributed by atoms with E-state index in [9.17, 15) is 18.8 Å². The van der Waals surface area contributed by atoms with Crippen molar-refractivity contribution in [3.63, 3.8) is 0 Å². The summed E-state index contributed by atoms with van der Waals surface area (Å²) in [6, 6.07) is 11.6. The second-order valence-electron chi connectivity index (χ2n) is 7.21. The van der Waals surface area contributed by atoms with E-state index < -0.39 is 29.5 Å². The van der Waals surface area contributed by atoms with E-state index in [1.165, 1.54) is 36.3 Å². The standard InChI is InChI=1S/C22H20FNO4/c1-28-17-8-3-2-7-16(17)19-18(20(25)13-5-4-6-13)21(26)22(27)24(19)15-11-9-14(23)10-12-15/h2-3,7-13,18-19H,4-6H2,1H3. The van der Waals surface area contributed by atoms with Crippen molar-refractivity contribution < 1.29 is 23.5 Å². The largest absolute Gasteiger partial charge is 0.496 e. The zero-order valence-electron chi connectivity index (χ0n) is 15.4. The van der Waals surface area contributed by atoms with Gasteiger partial charge in [-0.1, -0.05) is 24.6 Å². The highest BCUT2D eigenvalue weighted by atomic mass is 19.1. The van der Waals surface area contributed by atoms with Gasteiger partial charge in [-0.15, -0.1) is 0 Å². The van der Waals surface area contributed by atoms with Gasteiger partial charge in [-0.2, -0.15) is 0 Å². The summed E-state index contributed by atoms with van der Waals surface area (Å²) in [7, 11) is 1.50. The lowest BCUT2D eigenvalue weighted by Gasteiger charge is -2.31. The number of carbonyl (C=O) groups excluding carboxylic acids is 3. The number of amides is 1. The highest BCUT2D eigenvalue weighted by molar-refractivity contribution is 6.48. The van der Waals surface area contributed by atoms with Crippen molar-refractivity contribution >= 4 is 23.2 Å². The second-order valence-corrected chi connectivity index (χ2v) is 7.21. The second kappa shape index (κ2) is 7.19. The van der Waals surface area contributed by atoms with Crippen LogP contribution in [0.5, 0.6) is 5.75 Å². The summed E-state index contributed by atoms with van der Waals surface area (Å²) in [5, 5.41) is 0. The van der Waals surface area contributed by atoms with Crippen LogP contribution in [0.25, 0.3) is 0 Å². The quantitative estimate of drug-likeness (QED) is 0.588. The molecule has 2 fully saturated rings. The average Bonchev–Trinajstić information content (AvgIpc) is 2.92. The summed E-state index contributed by atoms with van der Waals surface area (Å²) in [4.78, 5) is 40.2. The first kappa shape index (κ1) is 18.3.